The van der Waals surface area contributed by atoms with Crippen molar-refractivity contribution in [2.45, 2.75) is 6.54 Å². The number of carbonyl (C=O) groups excluding carboxylic acids is 1. The van der Waals surface area contributed by atoms with E-state index in [1.54, 1.807) is 13.3 Å². The zero-order chi connectivity index (χ0) is 22.1. The van der Waals surface area contributed by atoms with Gasteiger partial charge in [-0.15, -0.1) is 11.3 Å². The number of ether oxygens (including phenoxy) is 1. The second kappa shape index (κ2) is 8.61. The van der Waals surface area contributed by atoms with Gasteiger partial charge in [-0.25, -0.2) is 0 Å². The third-order valence-corrected chi connectivity index (χ3v) is 6.70. The number of ketones is 1. The predicted octanol–water partition coefficient (Wildman–Crippen LogP) is 6.71. The minimum absolute atomic E-state index is 0.00899. The first-order valence-electron chi connectivity index (χ1n) is 10.1. The van der Waals surface area contributed by atoms with E-state index in [1.807, 2.05) is 79.0 Å². The van der Waals surface area contributed by atoms with Crippen LogP contribution in [0.25, 0.3) is 21.5 Å². The molecule has 3 aromatic heterocycles. The summed E-state index contributed by atoms with van der Waals surface area (Å²) in [7, 11) is 1.63. The van der Waals surface area contributed by atoms with Crippen molar-refractivity contribution < 1.29 is 9.53 Å². The molecule has 158 valence electrons. The Morgan fingerprint density at radius 1 is 1.06 bits per heavy atom. The average Bonchev–Trinajstić information content (AvgIpc) is 3.46. The van der Waals surface area contributed by atoms with Crippen LogP contribution in [0.4, 0.5) is 0 Å². The van der Waals surface area contributed by atoms with Gasteiger partial charge in [0.2, 0.25) is 5.78 Å². The van der Waals surface area contributed by atoms with Gasteiger partial charge in [-0.3, -0.25) is 9.78 Å². The summed E-state index contributed by atoms with van der Waals surface area (Å²) >= 11 is 7.49. The van der Waals surface area contributed by atoms with Crippen molar-refractivity contribution in [3.05, 3.63) is 106 Å². The van der Waals surface area contributed by atoms with Crippen LogP contribution in [0.2, 0.25) is 5.02 Å². The fourth-order valence-corrected chi connectivity index (χ4v) is 4.80. The summed E-state index contributed by atoms with van der Waals surface area (Å²) in [5, 5.41) is 1.57. The SMILES string of the molecule is COc1ccc2c(c1)c(C(=O)c1ccc(-c3ccccn3)s1)cn2Cc1ccc(Cl)cc1. The summed E-state index contributed by atoms with van der Waals surface area (Å²) in [5.74, 6) is 0.710. The number of thiophene rings is 1. The molecule has 0 amide bonds. The molecule has 0 aliphatic carbocycles. The lowest BCUT2D eigenvalue weighted by Crippen LogP contribution is -1.99. The molecule has 3 heterocycles. The number of carbonyl (C=O) groups is 1. The number of rotatable bonds is 6. The van der Waals surface area contributed by atoms with E-state index >= 15 is 0 Å². The van der Waals surface area contributed by atoms with E-state index in [0.29, 0.717) is 22.0 Å². The van der Waals surface area contributed by atoms with Gasteiger partial charge < -0.3 is 9.30 Å². The number of hydrogen-bond donors (Lipinski definition) is 0. The number of methoxy groups -OCH3 is 1. The van der Waals surface area contributed by atoms with Crippen molar-refractivity contribution in [1.82, 2.24) is 9.55 Å². The van der Waals surface area contributed by atoms with Crippen LogP contribution < -0.4 is 4.74 Å². The quantitative estimate of drug-likeness (QED) is 0.266. The second-order valence-corrected chi connectivity index (χ2v) is 8.91. The monoisotopic (exact) mass is 458 g/mol. The van der Waals surface area contributed by atoms with Gasteiger partial charge in [0.1, 0.15) is 5.75 Å². The number of halogens is 1. The van der Waals surface area contributed by atoms with Crippen molar-refractivity contribution in [1.29, 1.82) is 0 Å². The zero-order valence-corrected chi connectivity index (χ0v) is 18.9. The highest BCUT2D eigenvalue weighted by molar-refractivity contribution is 7.17. The molecule has 6 heteroatoms. The average molecular weight is 459 g/mol. The van der Waals surface area contributed by atoms with Crippen LogP contribution in [-0.2, 0) is 6.54 Å². The van der Waals surface area contributed by atoms with Crippen molar-refractivity contribution in [3.63, 3.8) is 0 Å². The van der Waals surface area contributed by atoms with Gasteiger partial charge in [0.25, 0.3) is 0 Å². The minimum Gasteiger partial charge on any atom is -0.497 e. The summed E-state index contributed by atoms with van der Waals surface area (Å²) in [6.07, 6.45) is 3.69. The molecular formula is C26H19ClN2O2S. The topological polar surface area (TPSA) is 44.1 Å². The van der Waals surface area contributed by atoms with E-state index < -0.39 is 0 Å². The lowest BCUT2D eigenvalue weighted by Gasteiger charge is -2.06. The van der Waals surface area contributed by atoms with Crippen molar-refractivity contribution in [2.75, 3.05) is 7.11 Å². The van der Waals surface area contributed by atoms with Crippen LogP contribution in [0.15, 0.2) is 85.2 Å². The Bertz CT molecular complexity index is 1410. The number of hydrogen-bond acceptors (Lipinski definition) is 4. The molecule has 32 heavy (non-hydrogen) atoms. The van der Waals surface area contributed by atoms with Crippen LogP contribution in [0.1, 0.15) is 20.8 Å². The van der Waals surface area contributed by atoms with E-state index in [9.17, 15) is 4.79 Å². The van der Waals surface area contributed by atoms with Gasteiger partial charge in [-0.2, -0.15) is 0 Å². The van der Waals surface area contributed by atoms with E-state index in [4.69, 9.17) is 16.3 Å². The van der Waals surface area contributed by atoms with Gasteiger partial charge in [0, 0.05) is 40.4 Å². The number of nitrogens with zero attached hydrogens (tertiary/aromatic N) is 2. The molecule has 5 aromatic rings. The molecule has 0 N–H and O–H groups in total. The van der Waals surface area contributed by atoms with Crippen molar-refractivity contribution >= 4 is 39.6 Å². The summed E-state index contributed by atoms with van der Waals surface area (Å²) in [4.78, 5) is 19.6. The Morgan fingerprint density at radius 2 is 1.91 bits per heavy atom. The molecule has 0 aliphatic rings. The van der Waals surface area contributed by atoms with E-state index in [0.717, 1.165) is 32.8 Å². The molecule has 0 atom stereocenters. The van der Waals surface area contributed by atoms with Crippen LogP contribution >= 0.6 is 22.9 Å². The fraction of sp³-hybridized carbons (Fsp3) is 0.0769. The Morgan fingerprint density at radius 3 is 2.66 bits per heavy atom. The van der Waals surface area contributed by atoms with Crippen molar-refractivity contribution in [2.24, 2.45) is 0 Å². The lowest BCUT2D eigenvalue weighted by molar-refractivity contribution is 0.104. The number of pyridine rings is 1. The first-order chi connectivity index (χ1) is 15.6. The maximum absolute atomic E-state index is 13.5. The van der Waals surface area contributed by atoms with Gasteiger partial charge in [-0.1, -0.05) is 29.8 Å². The van der Waals surface area contributed by atoms with Crippen LogP contribution in [0.3, 0.4) is 0 Å². The molecule has 2 aromatic carbocycles. The second-order valence-electron chi connectivity index (χ2n) is 7.39. The molecule has 0 aliphatic heterocycles. The predicted molar refractivity (Wildman–Crippen MR) is 130 cm³/mol. The molecular weight excluding hydrogens is 440 g/mol. The van der Waals surface area contributed by atoms with E-state index in [2.05, 4.69) is 9.55 Å². The first kappa shape index (κ1) is 20.5. The number of benzene rings is 2. The van der Waals surface area contributed by atoms with Gasteiger partial charge >= 0.3 is 0 Å². The molecule has 0 saturated carbocycles. The molecule has 0 unspecified atom stereocenters. The van der Waals surface area contributed by atoms with Gasteiger partial charge in [0.15, 0.2) is 0 Å². The number of fused-ring (bicyclic) bond motifs is 1. The highest BCUT2D eigenvalue weighted by Crippen LogP contribution is 2.32. The largest absolute Gasteiger partial charge is 0.497 e. The highest BCUT2D eigenvalue weighted by atomic mass is 35.5. The standard InChI is InChI=1S/C26H19ClN2O2S/c1-31-19-9-10-23-20(14-19)21(16-29(23)15-17-5-7-18(27)8-6-17)26(30)25-12-11-24(32-25)22-4-2-3-13-28-22/h2-14,16H,15H2,1H3. The highest BCUT2D eigenvalue weighted by Gasteiger charge is 2.20. The van der Waals surface area contributed by atoms with Crippen molar-refractivity contribution in [3.8, 4) is 16.3 Å². The molecule has 5 rings (SSSR count). The molecule has 0 spiro atoms. The fourth-order valence-electron chi connectivity index (χ4n) is 3.74. The smallest absolute Gasteiger partial charge is 0.205 e. The molecule has 0 radical (unpaired) electrons. The zero-order valence-electron chi connectivity index (χ0n) is 17.3. The summed E-state index contributed by atoms with van der Waals surface area (Å²) in [6.45, 7) is 0.636. The normalized spacial score (nSPS) is 11.1. The van der Waals surface area contributed by atoms with E-state index in [-0.39, 0.29) is 5.78 Å². The van der Waals surface area contributed by atoms with Crippen LogP contribution in [-0.4, -0.2) is 22.4 Å². The van der Waals surface area contributed by atoms with Gasteiger partial charge in [0.05, 0.1) is 22.6 Å². The lowest BCUT2D eigenvalue weighted by atomic mass is 10.1. The Hall–Kier alpha value is -3.41. The Labute approximate surface area is 194 Å². The summed E-state index contributed by atoms with van der Waals surface area (Å²) in [5.41, 5.74) is 3.60. The summed E-state index contributed by atoms with van der Waals surface area (Å²) in [6, 6.07) is 23.2. The molecule has 0 bridgehead atoms. The third-order valence-electron chi connectivity index (χ3n) is 5.35. The first-order valence-corrected chi connectivity index (χ1v) is 11.3. The van der Waals surface area contributed by atoms with Crippen LogP contribution in [0.5, 0.6) is 5.75 Å². The minimum atomic E-state index is -0.00899. The third kappa shape index (κ3) is 3.93. The molecule has 4 nitrogen and oxygen atoms in total. The number of aromatic nitrogens is 2. The van der Waals surface area contributed by atoms with Crippen LogP contribution in [0, 0.1) is 0 Å². The molecule has 0 fully saturated rings. The Balaban J connectivity index is 1.56. The maximum Gasteiger partial charge on any atom is 0.205 e. The molecule has 0 saturated heterocycles. The maximum atomic E-state index is 13.5. The Kier molecular flexibility index (Phi) is 5.52. The van der Waals surface area contributed by atoms with Gasteiger partial charge in [-0.05, 0) is 60.2 Å². The summed E-state index contributed by atoms with van der Waals surface area (Å²) < 4.78 is 7.52. The van der Waals surface area contributed by atoms with E-state index in [1.165, 1.54) is 11.3 Å².